The van der Waals surface area contributed by atoms with Crippen molar-refractivity contribution in [1.82, 2.24) is 5.32 Å². The molecule has 0 aliphatic carbocycles. The van der Waals surface area contributed by atoms with Gasteiger partial charge in [-0.05, 0) is 12.8 Å². The van der Waals surface area contributed by atoms with Gasteiger partial charge >= 0.3 is 0 Å². The Hall–Kier alpha value is -0.830. The lowest BCUT2D eigenvalue weighted by molar-refractivity contribution is -0.123. The SMILES string of the molecule is C=C(C)CNC(=O)[C@@H](N)[C@@H](C)CC. The van der Waals surface area contributed by atoms with Gasteiger partial charge in [-0.15, -0.1) is 0 Å². The second-order valence-electron chi connectivity index (χ2n) is 3.59. The molecule has 0 saturated heterocycles. The van der Waals surface area contributed by atoms with Crippen molar-refractivity contribution in [1.29, 1.82) is 0 Å². The molecule has 0 aromatic rings. The molecule has 0 aliphatic rings. The van der Waals surface area contributed by atoms with E-state index in [0.717, 1.165) is 12.0 Å². The fourth-order valence-electron chi connectivity index (χ4n) is 0.868. The lowest BCUT2D eigenvalue weighted by atomic mass is 9.99. The van der Waals surface area contributed by atoms with E-state index in [-0.39, 0.29) is 11.8 Å². The van der Waals surface area contributed by atoms with Crippen LogP contribution in [0.25, 0.3) is 0 Å². The third kappa shape index (κ3) is 4.68. The van der Waals surface area contributed by atoms with Gasteiger partial charge in [0.2, 0.25) is 5.91 Å². The van der Waals surface area contributed by atoms with Gasteiger partial charge in [0, 0.05) is 6.54 Å². The van der Waals surface area contributed by atoms with E-state index in [2.05, 4.69) is 11.9 Å². The van der Waals surface area contributed by atoms with Crippen molar-refractivity contribution in [3.63, 3.8) is 0 Å². The topological polar surface area (TPSA) is 55.1 Å². The third-order valence-electron chi connectivity index (χ3n) is 2.12. The van der Waals surface area contributed by atoms with Crippen LogP contribution in [0.15, 0.2) is 12.2 Å². The zero-order valence-electron chi connectivity index (χ0n) is 8.76. The van der Waals surface area contributed by atoms with Gasteiger partial charge in [0.1, 0.15) is 0 Å². The highest BCUT2D eigenvalue weighted by molar-refractivity contribution is 5.81. The van der Waals surface area contributed by atoms with Crippen molar-refractivity contribution < 1.29 is 4.79 Å². The molecule has 0 heterocycles. The number of nitrogens with one attached hydrogen (secondary N) is 1. The lowest BCUT2D eigenvalue weighted by Crippen LogP contribution is -2.44. The maximum absolute atomic E-state index is 11.4. The van der Waals surface area contributed by atoms with Gasteiger partial charge in [-0.3, -0.25) is 4.79 Å². The van der Waals surface area contributed by atoms with Crippen LogP contribution in [0.2, 0.25) is 0 Å². The number of nitrogens with two attached hydrogens (primary N) is 1. The van der Waals surface area contributed by atoms with Gasteiger partial charge in [0.25, 0.3) is 0 Å². The van der Waals surface area contributed by atoms with Crippen LogP contribution in [0, 0.1) is 5.92 Å². The fourth-order valence-corrected chi connectivity index (χ4v) is 0.868. The summed E-state index contributed by atoms with van der Waals surface area (Å²) in [6.07, 6.45) is 0.918. The van der Waals surface area contributed by atoms with Gasteiger partial charge in [-0.2, -0.15) is 0 Å². The van der Waals surface area contributed by atoms with Gasteiger partial charge < -0.3 is 11.1 Å². The van der Waals surface area contributed by atoms with Crippen LogP contribution in [0.1, 0.15) is 27.2 Å². The highest BCUT2D eigenvalue weighted by atomic mass is 16.2. The molecule has 76 valence electrons. The van der Waals surface area contributed by atoms with E-state index in [4.69, 9.17) is 5.73 Å². The Bertz CT molecular complexity index is 189. The molecule has 0 aliphatic heterocycles. The van der Waals surface area contributed by atoms with Crippen molar-refractivity contribution in [2.45, 2.75) is 33.2 Å². The minimum absolute atomic E-state index is 0.0858. The van der Waals surface area contributed by atoms with Crippen molar-refractivity contribution >= 4 is 5.91 Å². The van der Waals surface area contributed by atoms with E-state index in [1.165, 1.54) is 0 Å². The number of amides is 1. The number of carbonyl (C=O) groups is 1. The fraction of sp³-hybridized carbons (Fsp3) is 0.700. The van der Waals surface area contributed by atoms with E-state index in [1.807, 2.05) is 20.8 Å². The maximum atomic E-state index is 11.4. The van der Waals surface area contributed by atoms with Crippen molar-refractivity contribution in [2.24, 2.45) is 11.7 Å². The Balaban J connectivity index is 3.89. The second-order valence-corrected chi connectivity index (χ2v) is 3.59. The maximum Gasteiger partial charge on any atom is 0.237 e. The van der Waals surface area contributed by atoms with E-state index >= 15 is 0 Å². The van der Waals surface area contributed by atoms with Crippen LogP contribution in [0.4, 0.5) is 0 Å². The molecule has 0 rings (SSSR count). The molecule has 0 radical (unpaired) electrons. The first kappa shape index (κ1) is 12.2. The summed E-state index contributed by atoms with van der Waals surface area (Å²) in [7, 11) is 0. The van der Waals surface area contributed by atoms with Crippen LogP contribution in [0.3, 0.4) is 0 Å². The van der Waals surface area contributed by atoms with Gasteiger partial charge in [-0.25, -0.2) is 0 Å². The van der Waals surface area contributed by atoms with E-state index in [1.54, 1.807) is 0 Å². The predicted octanol–water partition coefficient (Wildman–Crippen LogP) is 1.05. The molecule has 0 unspecified atom stereocenters. The van der Waals surface area contributed by atoms with Crippen LogP contribution >= 0.6 is 0 Å². The van der Waals surface area contributed by atoms with Gasteiger partial charge in [0.05, 0.1) is 6.04 Å². The zero-order chi connectivity index (χ0) is 10.4. The second kappa shape index (κ2) is 5.75. The monoisotopic (exact) mass is 184 g/mol. The molecule has 0 aromatic carbocycles. The molecule has 3 N–H and O–H groups in total. The standard InChI is InChI=1S/C10H20N2O/c1-5-8(4)9(11)10(13)12-6-7(2)3/h8-9H,2,5-6,11H2,1,3-4H3,(H,12,13)/t8-,9-/m0/s1. The molecule has 2 atom stereocenters. The van der Waals surface area contributed by atoms with Crippen molar-refractivity contribution in [2.75, 3.05) is 6.54 Å². The third-order valence-corrected chi connectivity index (χ3v) is 2.12. The summed E-state index contributed by atoms with van der Waals surface area (Å²) in [5.74, 6) is 0.141. The molecule has 0 aromatic heterocycles. The lowest BCUT2D eigenvalue weighted by Gasteiger charge is -2.17. The number of hydrogen-bond acceptors (Lipinski definition) is 2. The van der Waals surface area contributed by atoms with Crippen molar-refractivity contribution in [3.05, 3.63) is 12.2 Å². The van der Waals surface area contributed by atoms with Gasteiger partial charge in [0.15, 0.2) is 0 Å². The molecular formula is C10H20N2O. The number of hydrogen-bond donors (Lipinski definition) is 2. The Morgan fingerprint density at radius 1 is 1.62 bits per heavy atom. The van der Waals surface area contributed by atoms with Crippen LogP contribution in [0.5, 0.6) is 0 Å². The highest BCUT2D eigenvalue weighted by Crippen LogP contribution is 2.04. The van der Waals surface area contributed by atoms with Crippen LogP contribution in [-0.2, 0) is 4.79 Å². The summed E-state index contributed by atoms with van der Waals surface area (Å²) in [4.78, 5) is 11.4. The number of rotatable bonds is 5. The predicted molar refractivity (Wildman–Crippen MR) is 55.3 cm³/mol. The molecular weight excluding hydrogens is 164 g/mol. The molecule has 1 amide bonds. The first-order chi connectivity index (χ1) is 5.99. The highest BCUT2D eigenvalue weighted by Gasteiger charge is 2.18. The minimum atomic E-state index is -0.399. The van der Waals surface area contributed by atoms with E-state index in [0.29, 0.717) is 6.54 Å². The Labute approximate surface area is 80.4 Å². The smallest absolute Gasteiger partial charge is 0.237 e. The Kier molecular flexibility index (Phi) is 5.39. The summed E-state index contributed by atoms with van der Waals surface area (Å²) >= 11 is 0. The zero-order valence-corrected chi connectivity index (χ0v) is 8.76. The molecule has 0 saturated carbocycles. The summed E-state index contributed by atoms with van der Waals surface area (Å²) in [6.45, 7) is 10.1. The Morgan fingerprint density at radius 2 is 2.15 bits per heavy atom. The summed E-state index contributed by atoms with van der Waals surface area (Å²) in [5, 5.41) is 2.73. The largest absolute Gasteiger partial charge is 0.351 e. The summed E-state index contributed by atoms with van der Waals surface area (Å²) in [6, 6.07) is -0.399. The van der Waals surface area contributed by atoms with E-state index < -0.39 is 6.04 Å². The first-order valence-corrected chi connectivity index (χ1v) is 4.66. The molecule has 0 fully saturated rings. The molecule has 3 heteroatoms. The number of carbonyl (C=O) groups excluding carboxylic acids is 1. The average Bonchev–Trinajstić information content (AvgIpc) is 2.11. The normalized spacial score (nSPS) is 14.8. The molecule has 0 spiro atoms. The quantitative estimate of drug-likeness (QED) is 0.627. The Morgan fingerprint density at radius 3 is 2.54 bits per heavy atom. The average molecular weight is 184 g/mol. The van der Waals surface area contributed by atoms with Gasteiger partial charge in [-0.1, -0.05) is 32.4 Å². The summed E-state index contributed by atoms with van der Waals surface area (Å²) in [5.41, 5.74) is 6.65. The minimum Gasteiger partial charge on any atom is -0.351 e. The molecule has 3 nitrogen and oxygen atoms in total. The van der Waals surface area contributed by atoms with Crippen LogP contribution < -0.4 is 11.1 Å². The van der Waals surface area contributed by atoms with Crippen molar-refractivity contribution in [3.8, 4) is 0 Å². The van der Waals surface area contributed by atoms with Crippen LogP contribution in [-0.4, -0.2) is 18.5 Å². The first-order valence-electron chi connectivity index (χ1n) is 4.66. The van der Waals surface area contributed by atoms with E-state index in [9.17, 15) is 4.79 Å². The molecule has 0 bridgehead atoms. The summed E-state index contributed by atoms with van der Waals surface area (Å²) < 4.78 is 0. The molecule has 13 heavy (non-hydrogen) atoms.